The van der Waals surface area contributed by atoms with Crippen LogP contribution in [0.15, 0.2) is 18.7 Å². The number of nitrogens with zero attached hydrogens (tertiary/aromatic N) is 2. The Hall–Kier alpha value is -0.920. The number of imidazole rings is 1. The summed E-state index contributed by atoms with van der Waals surface area (Å²) in [4.78, 5) is 3.95. The molecular formula is C12H24N4O2S. The second-order valence-electron chi connectivity index (χ2n) is 4.47. The minimum Gasteiger partial charge on any atom is -0.337 e. The summed E-state index contributed by atoms with van der Waals surface area (Å²) >= 11 is 0. The molecule has 1 aromatic heterocycles. The fraction of sp³-hybridized carbons (Fsp3) is 0.750. The molecule has 19 heavy (non-hydrogen) atoms. The maximum absolute atomic E-state index is 11.6. The van der Waals surface area contributed by atoms with E-state index in [0.717, 1.165) is 32.4 Å². The van der Waals surface area contributed by atoms with Crippen molar-refractivity contribution >= 4 is 10.0 Å². The van der Waals surface area contributed by atoms with E-state index in [4.69, 9.17) is 0 Å². The van der Waals surface area contributed by atoms with Crippen LogP contribution < -0.4 is 10.0 Å². The molecule has 0 unspecified atom stereocenters. The van der Waals surface area contributed by atoms with Gasteiger partial charge < -0.3 is 9.88 Å². The second-order valence-corrected chi connectivity index (χ2v) is 6.40. The van der Waals surface area contributed by atoms with Gasteiger partial charge in [-0.2, -0.15) is 0 Å². The molecule has 1 aromatic rings. The highest BCUT2D eigenvalue weighted by molar-refractivity contribution is 7.89. The molecule has 7 heteroatoms. The average Bonchev–Trinajstić information content (AvgIpc) is 2.87. The third kappa shape index (κ3) is 7.97. The molecule has 0 aromatic carbocycles. The Balaban J connectivity index is 2.04. The minimum atomic E-state index is -3.13. The summed E-state index contributed by atoms with van der Waals surface area (Å²) in [6, 6.07) is 0. The highest BCUT2D eigenvalue weighted by Crippen LogP contribution is 1.95. The Labute approximate surface area is 115 Å². The summed E-state index contributed by atoms with van der Waals surface area (Å²) in [6.45, 7) is 4.81. The van der Waals surface area contributed by atoms with Gasteiger partial charge in [0, 0.05) is 32.0 Å². The van der Waals surface area contributed by atoms with Gasteiger partial charge in [0.1, 0.15) is 0 Å². The van der Waals surface area contributed by atoms with Crippen molar-refractivity contribution < 1.29 is 8.42 Å². The van der Waals surface area contributed by atoms with Gasteiger partial charge in [-0.1, -0.05) is 6.92 Å². The first kappa shape index (κ1) is 16.1. The first-order chi connectivity index (χ1) is 9.14. The normalized spacial score (nSPS) is 11.8. The first-order valence-electron chi connectivity index (χ1n) is 6.78. The molecule has 110 valence electrons. The van der Waals surface area contributed by atoms with Crippen molar-refractivity contribution in [3.63, 3.8) is 0 Å². The van der Waals surface area contributed by atoms with Crippen LogP contribution >= 0.6 is 0 Å². The van der Waals surface area contributed by atoms with Gasteiger partial charge in [-0.05, 0) is 25.8 Å². The van der Waals surface area contributed by atoms with Crippen LogP contribution in [0.5, 0.6) is 0 Å². The number of sulfonamides is 1. The van der Waals surface area contributed by atoms with Crippen LogP contribution in [0.4, 0.5) is 0 Å². The van der Waals surface area contributed by atoms with Crippen LogP contribution in [0.2, 0.25) is 0 Å². The lowest BCUT2D eigenvalue weighted by molar-refractivity contribution is 0.562. The molecule has 0 aliphatic heterocycles. The van der Waals surface area contributed by atoms with E-state index in [1.165, 1.54) is 0 Å². The highest BCUT2D eigenvalue weighted by atomic mass is 32.2. The Kier molecular flexibility index (Phi) is 7.69. The molecule has 0 aliphatic carbocycles. The molecule has 0 aliphatic rings. The van der Waals surface area contributed by atoms with Crippen LogP contribution in [0.3, 0.4) is 0 Å². The summed E-state index contributed by atoms with van der Waals surface area (Å²) < 4.78 is 27.9. The van der Waals surface area contributed by atoms with E-state index in [1.54, 1.807) is 12.5 Å². The summed E-state index contributed by atoms with van der Waals surface area (Å²) in [5.74, 6) is 0.147. The maximum Gasteiger partial charge on any atom is 0.212 e. The van der Waals surface area contributed by atoms with E-state index in [-0.39, 0.29) is 5.75 Å². The third-order valence-corrected chi connectivity index (χ3v) is 4.08. The van der Waals surface area contributed by atoms with Gasteiger partial charge in [0.2, 0.25) is 10.0 Å². The minimum absolute atomic E-state index is 0.147. The van der Waals surface area contributed by atoms with E-state index in [1.807, 2.05) is 10.8 Å². The molecule has 0 atom stereocenters. The molecule has 6 nitrogen and oxygen atoms in total. The molecule has 2 N–H and O–H groups in total. The Morgan fingerprint density at radius 2 is 2.05 bits per heavy atom. The molecule has 0 fully saturated rings. The molecule has 0 saturated heterocycles. The number of hydrogen-bond donors (Lipinski definition) is 2. The fourth-order valence-corrected chi connectivity index (χ4v) is 2.66. The zero-order chi connectivity index (χ0) is 14.0. The third-order valence-electron chi connectivity index (χ3n) is 2.70. The highest BCUT2D eigenvalue weighted by Gasteiger charge is 2.08. The standard InChI is InChI=1S/C12H24N4O2S/c1-2-5-13-8-11-19(17,18)15-6-3-4-9-16-10-7-14-12-16/h7,10,12-13,15H,2-6,8-9,11H2,1H3. The second kappa shape index (κ2) is 9.06. The lowest BCUT2D eigenvalue weighted by atomic mass is 10.3. The maximum atomic E-state index is 11.6. The Morgan fingerprint density at radius 1 is 1.21 bits per heavy atom. The Morgan fingerprint density at radius 3 is 2.74 bits per heavy atom. The van der Waals surface area contributed by atoms with Gasteiger partial charge in [-0.25, -0.2) is 18.1 Å². The largest absolute Gasteiger partial charge is 0.337 e. The van der Waals surface area contributed by atoms with Crippen molar-refractivity contribution in [2.45, 2.75) is 32.7 Å². The van der Waals surface area contributed by atoms with Crippen molar-refractivity contribution in [3.05, 3.63) is 18.7 Å². The monoisotopic (exact) mass is 288 g/mol. The van der Waals surface area contributed by atoms with Gasteiger partial charge in [-0.15, -0.1) is 0 Å². The average molecular weight is 288 g/mol. The van der Waals surface area contributed by atoms with Crippen molar-refractivity contribution in [1.29, 1.82) is 0 Å². The van der Waals surface area contributed by atoms with Crippen LogP contribution in [0.1, 0.15) is 26.2 Å². The molecule has 0 bridgehead atoms. The zero-order valence-electron chi connectivity index (χ0n) is 11.5. The van der Waals surface area contributed by atoms with E-state index >= 15 is 0 Å². The smallest absolute Gasteiger partial charge is 0.212 e. The van der Waals surface area contributed by atoms with Crippen LogP contribution in [-0.2, 0) is 16.6 Å². The number of unbranched alkanes of at least 4 members (excludes halogenated alkanes) is 1. The van der Waals surface area contributed by atoms with Gasteiger partial charge in [0.05, 0.1) is 12.1 Å². The molecule has 0 radical (unpaired) electrons. The van der Waals surface area contributed by atoms with Crippen molar-refractivity contribution in [3.8, 4) is 0 Å². The van der Waals surface area contributed by atoms with Crippen LogP contribution in [0.25, 0.3) is 0 Å². The van der Waals surface area contributed by atoms with Gasteiger partial charge in [0.25, 0.3) is 0 Å². The molecule has 1 rings (SSSR count). The number of nitrogens with one attached hydrogen (secondary N) is 2. The van der Waals surface area contributed by atoms with E-state index in [9.17, 15) is 8.42 Å². The molecular weight excluding hydrogens is 264 g/mol. The van der Waals surface area contributed by atoms with E-state index in [2.05, 4.69) is 21.9 Å². The SMILES string of the molecule is CCCNCCS(=O)(=O)NCCCCn1ccnc1. The van der Waals surface area contributed by atoms with Crippen molar-refractivity contribution in [2.75, 3.05) is 25.4 Å². The number of hydrogen-bond acceptors (Lipinski definition) is 4. The number of rotatable bonds is 11. The quantitative estimate of drug-likeness (QED) is 0.584. The Bertz CT molecular complexity index is 417. The predicted octanol–water partition coefficient (Wildman–Crippen LogP) is 0.582. The first-order valence-corrected chi connectivity index (χ1v) is 8.43. The van der Waals surface area contributed by atoms with E-state index in [0.29, 0.717) is 13.1 Å². The van der Waals surface area contributed by atoms with Gasteiger partial charge >= 0.3 is 0 Å². The summed E-state index contributed by atoms with van der Waals surface area (Å²) in [6.07, 6.45) is 8.20. The van der Waals surface area contributed by atoms with E-state index < -0.39 is 10.0 Å². The zero-order valence-corrected chi connectivity index (χ0v) is 12.3. The fourth-order valence-electron chi connectivity index (χ4n) is 1.65. The lowest BCUT2D eigenvalue weighted by Crippen LogP contribution is -2.32. The lowest BCUT2D eigenvalue weighted by Gasteiger charge is -2.07. The molecule has 1 heterocycles. The van der Waals surface area contributed by atoms with Gasteiger partial charge in [-0.3, -0.25) is 0 Å². The van der Waals surface area contributed by atoms with Crippen molar-refractivity contribution in [2.24, 2.45) is 0 Å². The van der Waals surface area contributed by atoms with Crippen molar-refractivity contribution in [1.82, 2.24) is 19.6 Å². The summed E-state index contributed by atoms with van der Waals surface area (Å²) in [5, 5.41) is 3.08. The molecule has 0 amide bonds. The molecule has 0 saturated carbocycles. The summed E-state index contributed by atoms with van der Waals surface area (Å²) in [7, 11) is -3.13. The van der Waals surface area contributed by atoms with Crippen LogP contribution in [0, 0.1) is 0 Å². The summed E-state index contributed by atoms with van der Waals surface area (Å²) in [5.41, 5.74) is 0. The molecule has 0 spiro atoms. The van der Waals surface area contributed by atoms with Crippen LogP contribution in [-0.4, -0.2) is 43.4 Å². The van der Waals surface area contributed by atoms with Gasteiger partial charge in [0.15, 0.2) is 0 Å². The topological polar surface area (TPSA) is 76.0 Å². The number of aromatic nitrogens is 2. The number of aryl methyl sites for hydroxylation is 1. The predicted molar refractivity (Wildman–Crippen MR) is 76.4 cm³/mol.